The summed E-state index contributed by atoms with van der Waals surface area (Å²) in [5, 5.41) is 3.28. The van der Waals surface area contributed by atoms with Crippen LogP contribution in [-0.2, 0) is 0 Å². The van der Waals surface area contributed by atoms with Gasteiger partial charge in [0.15, 0.2) is 0 Å². The Labute approximate surface area is 90.6 Å². The van der Waals surface area contributed by atoms with Gasteiger partial charge in [-0.2, -0.15) is 0 Å². The molecule has 2 atom stereocenters. The lowest BCUT2D eigenvalue weighted by molar-refractivity contribution is 1.50. The molecule has 0 aliphatic heterocycles. The molecule has 0 aliphatic carbocycles. The van der Waals surface area contributed by atoms with Gasteiger partial charge in [0.1, 0.15) is 0 Å². The molecule has 0 bridgehead atoms. The molecule has 0 saturated heterocycles. The summed E-state index contributed by atoms with van der Waals surface area (Å²) in [6.45, 7) is 9.39. The average Bonchev–Trinajstić information content (AvgIpc) is 2.27. The van der Waals surface area contributed by atoms with E-state index in [0.717, 1.165) is 0 Å². The number of hydrogen-bond donors (Lipinski definition) is 0. The average molecular weight is 226 g/mol. The fourth-order valence-corrected chi connectivity index (χ4v) is 4.77. The van der Waals surface area contributed by atoms with E-state index in [9.17, 15) is 0 Å². The van der Waals surface area contributed by atoms with Crippen LogP contribution in [0.3, 0.4) is 0 Å². The van der Waals surface area contributed by atoms with Gasteiger partial charge in [0.2, 0.25) is 0 Å². The van der Waals surface area contributed by atoms with Gasteiger partial charge in [-0.3, -0.25) is 0 Å². The molecule has 0 fully saturated rings. The summed E-state index contributed by atoms with van der Waals surface area (Å²) >= 11 is 0. The first kappa shape index (κ1) is 12.2. The van der Waals surface area contributed by atoms with Crippen LogP contribution in [0.25, 0.3) is 0 Å². The minimum atomic E-state index is 0.0838. The zero-order valence-electron chi connectivity index (χ0n) is 9.62. The van der Waals surface area contributed by atoms with Gasteiger partial charge in [-0.05, 0) is 36.3 Å². The predicted molar refractivity (Wildman–Crippen MR) is 72.5 cm³/mol. The highest BCUT2D eigenvalue weighted by Crippen LogP contribution is 2.34. The highest BCUT2D eigenvalue weighted by Gasteiger charge is 2.11. The lowest BCUT2D eigenvalue weighted by Crippen LogP contribution is -2.21. The quantitative estimate of drug-likeness (QED) is 0.691. The minimum absolute atomic E-state index is 0.0838. The van der Waals surface area contributed by atoms with Crippen molar-refractivity contribution in [2.45, 2.75) is 13.8 Å². The number of benzene rings is 1. The second kappa shape index (κ2) is 5.84. The highest BCUT2D eigenvalue weighted by molar-refractivity contribution is 7.71. The first-order chi connectivity index (χ1) is 6.70. The van der Waals surface area contributed by atoms with E-state index < -0.39 is 0 Å². The molecular weight excluding hydrogens is 206 g/mol. The molecule has 78 valence electrons. The summed E-state index contributed by atoms with van der Waals surface area (Å²) in [5.41, 5.74) is 0. The zero-order valence-corrected chi connectivity index (χ0v) is 11.4. The van der Waals surface area contributed by atoms with Crippen molar-refractivity contribution in [3.63, 3.8) is 0 Å². The molecule has 14 heavy (non-hydrogen) atoms. The molecule has 0 unspecified atom stereocenters. The number of hydrogen-bond acceptors (Lipinski definition) is 0. The van der Waals surface area contributed by atoms with Crippen molar-refractivity contribution in [3.05, 3.63) is 24.3 Å². The molecule has 0 nitrogen and oxygen atoms in total. The third-order valence-corrected chi connectivity index (χ3v) is 7.15. The maximum atomic E-state index is 2.40. The van der Waals surface area contributed by atoms with Crippen molar-refractivity contribution in [2.75, 3.05) is 25.7 Å². The van der Waals surface area contributed by atoms with Crippen LogP contribution in [0.15, 0.2) is 24.3 Å². The second-order valence-corrected chi connectivity index (χ2v) is 8.54. The van der Waals surface area contributed by atoms with E-state index in [4.69, 9.17) is 0 Å². The third-order valence-electron chi connectivity index (χ3n) is 2.65. The molecule has 0 N–H and O–H groups in total. The Hall–Kier alpha value is 0.0800. The van der Waals surface area contributed by atoms with E-state index in [-0.39, 0.29) is 15.8 Å². The lowest BCUT2D eigenvalue weighted by atomic mass is 10.4. The third kappa shape index (κ3) is 2.78. The molecule has 0 aromatic heterocycles. The fraction of sp³-hybridized carbons (Fsp3) is 0.500. The summed E-state index contributed by atoms with van der Waals surface area (Å²) in [5.74, 6) is 0. The summed E-state index contributed by atoms with van der Waals surface area (Å²) in [6.07, 6.45) is 2.61. The van der Waals surface area contributed by atoms with Crippen LogP contribution in [0.1, 0.15) is 13.8 Å². The van der Waals surface area contributed by atoms with Gasteiger partial charge in [0.05, 0.1) is 0 Å². The summed E-state index contributed by atoms with van der Waals surface area (Å²) in [6, 6.07) is 9.04. The molecule has 0 saturated carbocycles. The van der Waals surface area contributed by atoms with Crippen LogP contribution >= 0.6 is 15.8 Å². The van der Waals surface area contributed by atoms with E-state index in [2.05, 4.69) is 51.4 Å². The Morgan fingerprint density at radius 1 is 0.857 bits per heavy atom. The van der Waals surface area contributed by atoms with E-state index in [1.807, 2.05) is 0 Å². The van der Waals surface area contributed by atoms with Crippen LogP contribution in [0.4, 0.5) is 0 Å². The number of rotatable bonds is 4. The van der Waals surface area contributed by atoms with Crippen molar-refractivity contribution >= 4 is 26.5 Å². The Morgan fingerprint density at radius 3 is 1.50 bits per heavy atom. The van der Waals surface area contributed by atoms with Gasteiger partial charge in [-0.1, -0.05) is 54.0 Å². The van der Waals surface area contributed by atoms with Crippen LogP contribution in [-0.4, -0.2) is 25.7 Å². The smallest absolute Gasteiger partial charge is 0.0167 e. The zero-order chi connectivity index (χ0) is 10.6. The van der Waals surface area contributed by atoms with Crippen molar-refractivity contribution in [1.82, 2.24) is 0 Å². The van der Waals surface area contributed by atoms with Gasteiger partial charge in [-0.15, -0.1) is 0 Å². The normalized spacial score (nSPS) is 15.1. The monoisotopic (exact) mass is 226 g/mol. The molecule has 0 amide bonds. The van der Waals surface area contributed by atoms with Gasteiger partial charge < -0.3 is 0 Å². The molecule has 1 aromatic carbocycles. The Kier molecular flexibility index (Phi) is 5.07. The largest absolute Gasteiger partial charge is 0.0781 e. The van der Waals surface area contributed by atoms with E-state index >= 15 is 0 Å². The van der Waals surface area contributed by atoms with Crippen LogP contribution in [0.5, 0.6) is 0 Å². The maximum Gasteiger partial charge on any atom is -0.0167 e. The van der Waals surface area contributed by atoms with E-state index in [1.54, 1.807) is 10.6 Å². The molecule has 0 aliphatic rings. The summed E-state index contributed by atoms with van der Waals surface area (Å²) in [7, 11) is 0.168. The topological polar surface area (TPSA) is 0 Å². The predicted octanol–water partition coefficient (Wildman–Crippen LogP) is 3.20. The summed E-state index contributed by atoms with van der Waals surface area (Å²) < 4.78 is 0. The van der Waals surface area contributed by atoms with E-state index in [1.165, 1.54) is 12.3 Å². The maximum absolute atomic E-state index is 2.40. The lowest BCUT2D eigenvalue weighted by Gasteiger charge is -2.19. The Morgan fingerprint density at radius 2 is 1.21 bits per heavy atom. The van der Waals surface area contributed by atoms with Crippen LogP contribution in [0, 0.1) is 0 Å². The standard InChI is InChI=1S/C12H20P2/c1-5-13(3)11-9-7-8-10-12(11)14(4)6-2/h7-10H,5-6H2,1-4H3/t13-,14-/m1/s1. The van der Waals surface area contributed by atoms with Gasteiger partial charge >= 0.3 is 0 Å². The first-order valence-corrected chi connectivity index (χ1v) is 9.16. The molecule has 0 heterocycles. The van der Waals surface area contributed by atoms with Gasteiger partial charge in [0, 0.05) is 0 Å². The molecule has 1 rings (SSSR count). The Balaban J connectivity index is 3.02. The van der Waals surface area contributed by atoms with Crippen molar-refractivity contribution < 1.29 is 0 Å². The van der Waals surface area contributed by atoms with Crippen LogP contribution < -0.4 is 10.6 Å². The summed E-state index contributed by atoms with van der Waals surface area (Å²) in [4.78, 5) is 0. The molecule has 0 radical (unpaired) electrons. The van der Waals surface area contributed by atoms with Crippen molar-refractivity contribution in [1.29, 1.82) is 0 Å². The van der Waals surface area contributed by atoms with Crippen molar-refractivity contribution in [3.8, 4) is 0 Å². The molecule has 0 spiro atoms. The second-order valence-electron chi connectivity index (χ2n) is 3.52. The highest BCUT2D eigenvalue weighted by atomic mass is 31.1. The molecular formula is C12H20P2. The SMILES string of the molecule is CC[P@@](C)c1ccccc1[P@](C)CC. The van der Waals surface area contributed by atoms with Gasteiger partial charge in [-0.25, -0.2) is 0 Å². The fourth-order valence-electron chi connectivity index (χ4n) is 1.45. The minimum Gasteiger partial charge on any atom is -0.0781 e. The first-order valence-electron chi connectivity index (χ1n) is 5.22. The Bertz CT molecular complexity index is 254. The van der Waals surface area contributed by atoms with Crippen molar-refractivity contribution in [2.24, 2.45) is 0 Å². The molecule has 1 aromatic rings. The van der Waals surface area contributed by atoms with Gasteiger partial charge in [0.25, 0.3) is 0 Å². The van der Waals surface area contributed by atoms with E-state index in [0.29, 0.717) is 0 Å². The van der Waals surface area contributed by atoms with Crippen LogP contribution in [0.2, 0.25) is 0 Å². The molecule has 2 heteroatoms.